The summed E-state index contributed by atoms with van der Waals surface area (Å²) in [6, 6.07) is 6.21. The fourth-order valence-corrected chi connectivity index (χ4v) is 4.24. The fourth-order valence-electron chi connectivity index (χ4n) is 4.24. The maximum Gasteiger partial charge on any atom is 0.331 e. The van der Waals surface area contributed by atoms with Crippen molar-refractivity contribution in [1.29, 1.82) is 0 Å². The summed E-state index contributed by atoms with van der Waals surface area (Å²) >= 11 is 0. The predicted molar refractivity (Wildman–Crippen MR) is 97.5 cm³/mol. The summed E-state index contributed by atoms with van der Waals surface area (Å²) in [6.45, 7) is 4.33. The normalized spacial score (nSPS) is 23.7. The first-order valence-electron chi connectivity index (χ1n) is 9.49. The van der Waals surface area contributed by atoms with Gasteiger partial charge in [-0.15, -0.1) is 0 Å². The number of piperidine rings is 1. The van der Waals surface area contributed by atoms with Gasteiger partial charge in [0.15, 0.2) is 6.67 Å². The zero-order chi connectivity index (χ0) is 19.0. The van der Waals surface area contributed by atoms with Crippen molar-refractivity contribution >= 4 is 23.3 Å². The molecule has 0 spiro atoms. The Morgan fingerprint density at radius 3 is 2.41 bits per heavy atom. The lowest BCUT2D eigenvalue weighted by molar-refractivity contribution is -0.907. The second kappa shape index (κ2) is 7.15. The van der Waals surface area contributed by atoms with Crippen molar-refractivity contribution in [3.63, 3.8) is 0 Å². The molecule has 9 nitrogen and oxygen atoms in total. The first-order valence-corrected chi connectivity index (χ1v) is 9.49. The summed E-state index contributed by atoms with van der Waals surface area (Å²) in [4.78, 5) is 42.1. The molecule has 144 valence electrons. The van der Waals surface area contributed by atoms with Crippen LogP contribution in [0.4, 0.5) is 16.2 Å². The molecule has 3 aliphatic rings. The number of urea groups is 1. The third-order valence-corrected chi connectivity index (χ3v) is 5.81. The predicted octanol–water partition coefficient (Wildman–Crippen LogP) is 0.0739. The average molecular weight is 374 g/mol. The highest BCUT2D eigenvalue weighted by molar-refractivity contribution is 6.04. The van der Waals surface area contributed by atoms with Gasteiger partial charge in [-0.05, 0) is 31.4 Å². The van der Waals surface area contributed by atoms with E-state index in [4.69, 9.17) is 0 Å². The topological polar surface area (TPSA) is 91.4 Å². The quantitative estimate of drug-likeness (QED) is 0.458. The largest absolute Gasteiger partial charge is 0.360 e. The van der Waals surface area contributed by atoms with Crippen LogP contribution in [0.3, 0.4) is 0 Å². The van der Waals surface area contributed by atoms with Crippen molar-refractivity contribution in [2.75, 3.05) is 44.3 Å². The molecule has 3 aliphatic heterocycles. The van der Waals surface area contributed by atoms with E-state index in [9.17, 15) is 19.7 Å². The lowest BCUT2D eigenvalue weighted by Crippen LogP contribution is -3.16. The highest BCUT2D eigenvalue weighted by atomic mass is 16.6. The van der Waals surface area contributed by atoms with E-state index >= 15 is 0 Å². The number of nitro benzene ring substituents is 1. The van der Waals surface area contributed by atoms with Crippen LogP contribution in [0.1, 0.15) is 19.3 Å². The maximum atomic E-state index is 12.6. The number of nitrogens with zero attached hydrogens (tertiary/aromatic N) is 4. The first-order chi connectivity index (χ1) is 13.0. The van der Waals surface area contributed by atoms with Crippen LogP contribution in [0.2, 0.25) is 0 Å². The number of hydrogen-bond acceptors (Lipinski definition) is 5. The number of nitrogens with one attached hydrogen (secondary N) is 1. The molecule has 27 heavy (non-hydrogen) atoms. The Morgan fingerprint density at radius 1 is 1.07 bits per heavy atom. The van der Waals surface area contributed by atoms with Gasteiger partial charge < -0.3 is 14.7 Å². The van der Waals surface area contributed by atoms with Gasteiger partial charge in [-0.3, -0.25) is 14.9 Å². The van der Waals surface area contributed by atoms with Gasteiger partial charge in [0.05, 0.1) is 31.1 Å². The summed E-state index contributed by atoms with van der Waals surface area (Å²) in [6.07, 6.45) is 2.77. The molecule has 0 unspecified atom stereocenters. The lowest BCUT2D eigenvalue weighted by atomic mass is 10.0. The van der Waals surface area contributed by atoms with E-state index < -0.39 is 4.92 Å². The molecule has 4 rings (SSSR count). The van der Waals surface area contributed by atoms with E-state index in [2.05, 4.69) is 4.90 Å². The zero-order valence-corrected chi connectivity index (χ0v) is 15.2. The Labute approximate surface area is 157 Å². The summed E-state index contributed by atoms with van der Waals surface area (Å²) < 4.78 is 0. The Balaban J connectivity index is 1.33. The molecule has 0 aromatic heterocycles. The summed E-state index contributed by atoms with van der Waals surface area (Å²) in [5.41, 5.74) is 1.05. The molecule has 0 aliphatic carbocycles. The molecule has 1 aromatic carbocycles. The van der Waals surface area contributed by atoms with Gasteiger partial charge in [-0.2, -0.15) is 0 Å². The number of nitro groups is 1. The van der Waals surface area contributed by atoms with Crippen LogP contribution in [-0.2, 0) is 4.79 Å². The van der Waals surface area contributed by atoms with Crippen LogP contribution in [-0.4, -0.2) is 72.1 Å². The third-order valence-electron chi connectivity index (χ3n) is 5.81. The Hall–Kier alpha value is -2.68. The van der Waals surface area contributed by atoms with Crippen molar-refractivity contribution in [1.82, 2.24) is 9.80 Å². The van der Waals surface area contributed by atoms with Crippen molar-refractivity contribution in [2.24, 2.45) is 0 Å². The number of hydrogen-bond donors (Lipinski definition) is 1. The molecular weight excluding hydrogens is 350 g/mol. The molecule has 3 fully saturated rings. The van der Waals surface area contributed by atoms with Crippen molar-refractivity contribution in [2.45, 2.75) is 25.3 Å². The van der Waals surface area contributed by atoms with Crippen molar-refractivity contribution in [3.05, 3.63) is 34.4 Å². The molecule has 3 heterocycles. The van der Waals surface area contributed by atoms with Gasteiger partial charge >= 0.3 is 6.03 Å². The van der Waals surface area contributed by atoms with Crippen LogP contribution in [0.15, 0.2) is 24.3 Å². The lowest BCUT2D eigenvalue weighted by Gasteiger charge is -2.34. The van der Waals surface area contributed by atoms with Crippen molar-refractivity contribution < 1.29 is 19.4 Å². The number of carbonyl (C=O) groups is 2. The number of piperazine rings is 1. The molecule has 1 N–H and O–H groups in total. The third kappa shape index (κ3) is 3.34. The van der Waals surface area contributed by atoms with E-state index in [1.807, 2.05) is 0 Å². The molecule has 0 radical (unpaired) electrons. The van der Waals surface area contributed by atoms with Gasteiger partial charge in [0.2, 0.25) is 0 Å². The van der Waals surface area contributed by atoms with E-state index in [0.29, 0.717) is 13.2 Å². The molecule has 9 heteroatoms. The highest BCUT2D eigenvalue weighted by Crippen LogP contribution is 2.26. The van der Waals surface area contributed by atoms with E-state index in [-0.39, 0.29) is 23.7 Å². The SMILES string of the molecule is O=C1[C@@H]2CCCCN2C(=O)N1C[NH+]1CCN(c2ccc([N+](=O)[O-])cc2)CC1. The summed E-state index contributed by atoms with van der Waals surface area (Å²) in [7, 11) is 0. The van der Waals surface area contributed by atoms with Gasteiger partial charge in [-0.1, -0.05) is 0 Å². The van der Waals surface area contributed by atoms with E-state index in [0.717, 1.165) is 51.1 Å². The summed E-state index contributed by atoms with van der Waals surface area (Å²) in [5.74, 6) is -0.0370. The number of imide groups is 1. The molecule has 3 amide bonds. The molecule has 0 saturated carbocycles. The van der Waals surface area contributed by atoms with Gasteiger partial charge in [0.1, 0.15) is 6.04 Å². The number of non-ortho nitro benzene ring substituents is 1. The number of rotatable bonds is 4. The number of carbonyl (C=O) groups excluding carboxylic acids is 2. The number of fused-ring (bicyclic) bond motifs is 1. The average Bonchev–Trinajstić information content (AvgIpc) is 2.94. The fraction of sp³-hybridized carbons (Fsp3) is 0.556. The number of benzene rings is 1. The summed E-state index contributed by atoms with van der Waals surface area (Å²) in [5, 5.41) is 10.8. The second-order valence-corrected chi connectivity index (χ2v) is 7.42. The zero-order valence-electron chi connectivity index (χ0n) is 15.2. The number of amides is 3. The molecule has 1 atom stereocenters. The molecule has 1 aromatic rings. The number of anilines is 1. The van der Waals surface area contributed by atoms with Gasteiger partial charge in [0.25, 0.3) is 11.6 Å². The minimum Gasteiger partial charge on any atom is -0.360 e. The van der Waals surface area contributed by atoms with Gasteiger partial charge in [-0.25, -0.2) is 9.69 Å². The number of quaternary nitrogens is 1. The smallest absolute Gasteiger partial charge is 0.331 e. The standard InChI is InChI=1S/C18H23N5O4/c24-17-16-3-1-2-8-21(16)18(25)22(17)13-19-9-11-20(12-10-19)14-4-6-15(7-5-14)23(26)27/h4-7,16H,1-3,8-13H2/p+1/t16-/m0/s1. The van der Waals surface area contributed by atoms with Crippen LogP contribution < -0.4 is 9.80 Å². The molecule has 3 saturated heterocycles. The van der Waals surface area contributed by atoms with Crippen LogP contribution >= 0.6 is 0 Å². The highest BCUT2D eigenvalue weighted by Gasteiger charge is 2.47. The minimum absolute atomic E-state index is 0.0370. The Morgan fingerprint density at radius 2 is 1.78 bits per heavy atom. The maximum absolute atomic E-state index is 12.6. The second-order valence-electron chi connectivity index (χ2n) is 7.42. The van der Waals surface area contributed by atoms with E-state index in [1.54, 1.807) is 17.0 Å². The first kappa shape index (κ1) is 17.7. The Kier molecular flexibility index (Phi) is 4.69. The van der Waals surface area contributed by atoms with E-state index in [1.165, 1.54) is 21.9 Å². The van der Waals surface area contributed by atoms with Gasteiger partial charge in [0, 0.05) is 24.4 Å². The van der Waals surface area contributed by atoms with Crippen molar-refractivity contribution in [3.8, 4) is 0 Å². The minimum atomic E-state index is -0.399. The van der Waals surface area contributed by atoms with Crippen LogP contribution in [0, 0.1) is 10.1 Å². The monoisotopic (exact) mass is 374 g/mol. The van der Waals surface area contributed by atoms with Crippen LogP contribution in [0.25, 0.3) is 0 Å². The molecule has 0 bridgehead atoms. The molecular formula is C18H24N5O4+. The van der Waals surface area contributed by atoms with Crippen LogP contribution in [0.5, 0.6) is 0 Å². The Bertz CT molecular complexity index is 721.